The molecule has 1 amide bonds. The van der Waals surface area contributed by atoms with E-state index in [1.807, 2.05) is 11.9 Å². The van der Waals surface area contributed by atoms with Gasteiger partial charge in [0.05, 0.1) is 23.7 Å². The van der Waals surface area contributed by atoms with Crippen molar-refractivity contribution in [2.45, 2.75) is 45.1 Å². The minimum Gasteiger partial charge on any atom is -0.380 e. The van der Waals surface area contributed by atoms with Gasteiger partial charge in [0.2, 0.25) is 5.82 Å². The first-order valence-electron chi connectivity index (χ1n) is 9.80. The number of hydrogen-bond acceptors (Lipinski definition) is 7. The second-order valence-electron chi connectivity index (χ2n) is 8.20. The van der Waals surface area contributed by atoms with Gasteiger partial charge in [0.1, 0.15) is 5.82 Å². The van der Waals surface area contributed by atoms with Crippen LogP contribution in [0.15, 0.2) is 6.07 Å². The number of aromatic nitrogens is 1. The molecule has 1 saturated heterocycles. The van der Waals surface area contributed by atoms with Crippen molar-refractivity contribution in [3.05, 3.63) is 21.7 Å². The van der Waals surface area contributed by atoms with Crippen LogP contribution in [-0.4, -0.2) is 55.7 Å². The molecule has 154 valence electrons. The van der Waals surface area contributed by atoms with Crippen LogP contribution in [0.4, 0.5) is 17.3 Å². The van der Waals surface area contributed by atoms with E-state index in [0.29, 0.717) is 25.6 Å². The summed E-state index contributed by atoms with van der Waals surface area (Å²) in [6.07, 6.45) is 5.25. The second kappa shape index (κ2) is 8.30. The Kier molecular flexibility index (Phi) is 6.02. The van der Waals surface area contributed by atoms with Crippen molar-refractivity contribution < 1.29 is 14.5 Å². The third-order valence-electron chi connectivity index (χ3n) is 5.48. The average molecular weight is 391 g/mol. The van der Waals surface area contributed by atoms with E-state index in [9.17, 15) is 14.9 Å². The number of pyridine rings is 1. The van der Waals surface area contributed by atoms with Crippen LogP contribution >= 0.6 is 0 Å². The van der Waals surface area contributed by atoms with Crippen LogP contribution in [0.1, 0.15) is 49.4 Å². The van der Waals surface area contributed by atoms with E-state index < -0.39 is 4.92 Å². The van der Waals surface area contributed by atoms with Gasteiger partial charge in [-0.25, -0.2) is 4.98 Å². The number of nitrogens with one attached hydrogen (secondary N) is 2. The first kappa shape index (κ1) is 20.3. The maximum atomic E-state index is 13.0. The van der Waals surface area contributed by atoms with Gasteiger partial charge in [-0.2, -0.15) is 0 Å². The molecule has 0 spiro atoms. The smallest absolute Gasteiger partial charge is 0.312 e. The predicted octanol–water partition coefficient (Wildman–Crippen LogP) is 2.57. The van der Waals surface area contributed by atoms with Gasteiger partial charge in [-0.05, 0) is 12.8 Å². The Hall–Kier alpha value is -2.42. The number of carbonyl (C=O) groups excluding carboxylic acids is 1. The molecule has 9 heteroatoms. The first-order valence-corrected chi connectivity index (χ1v) is 9.80. The maximum absolute atomic E-state index is 13.0. The molecule has 2 fully saturated rings. The minimum atomic E-state index is -0.513. The average Bonchev–Trinajstić information content (AvgIpc) is 2.66. The van der Waals surface area contributed by atoms with Crippen LogP contribution in [0.5, 0.6) is 0 Å². The van der Waals surface area contributed by atoms with E-state index in [-0.39, 0.29) is 34.4 Å². The molecule has 3 rings (SSSR count). The first-order chi connectivity index (χ1) is 13.3. The normalized spacial score (nSPS) is 18.8. The molecular weight excluding hydrogens is 362 g/mol. The molecule has 2 N–H and O–H groups in total. The molecule has 1 aliphatic carbocycles. The summed E-state index contributed by atoms with van der Waals surface area (Å²) in [5.74, 6) is 0.287. The predicted molar refractivity (Wildman–Crippen MR) is 107 cm³/mol. The number of rotatable bonds is 7. The van der Waals surface area contributed by atoms with Crippen LogP contribution < -0.4 is 15.5 Å². The third-order valence-corrected chi connectivity index (χ3v) is 5.48. The standard InChI is InChI=1S/C19H29N5O4/c1-19(11-28-12-19)10-23(3)17-14(9-15(24(26)27)16(20-2)22-17)18(25)21-13-7-5-4-6-8-13/h9,13H,4-8,10-12H2,1-3H3,(H,20,22)(H,21,25). The van der Waals surface area contributed by atoms with E-state index in [4.69, 9.17) is 4.74 Å². The van der Waals surface area contributed by atoms with Crippen molar-refractivity contribution in [2.75, 3.05) is 44.1 Å². The van der Waals surface area contributed by atoms with E-state index >= 15 is 0 Å². The fourth-order valence-corrected chi connectivity index (χ4v) is 3.97. The largest absolute Gasteiger partial charge is 0.380 e. The van der Waals surface area contributed by atoms with Crippen LogP contribution in [0, 0.1) is 15.5 Å². The maximum Gasteiger partial charge on any atom is 0.312 e. The number of amides is 1. The van der Waals surface area contributed by atoms with Crippen molar-refractivity contribution in [2.24, 2.45) is 5.41 Å². The van der Waals surface area contributed by atoms with Gasteiger partial charge in [-0.3, -0.25) is 14.9 Å². The molecular formula is C19H29N5O4. The fraction of sp³-hybridized carbons (Fsp3) is 0.684. The minimum absolute atomic E-state index is 0.0187. The SMILES string of the molecule is CNc1nc(N(C)CC2(C)COC2)c(C(=O)NC2CCCCC2)cc1[N+](=O)[O-]. The molecule has 1 aliphatic heterocycles. The van der Waals surface area contributed by atoms with Gasteiger partial charge < -0.3 is 20.3 Å². The van der Waals surface area contributed by atoms with E-state index in [2.05, 4.69) is 22.5 Å². The highest BCUT2D eigenvalue weighted by Crippen LogP contribution is 2.33. The molecule has 1 aromatic rings. The summed E-state index contributed by atoms with van der Waals surface area (Å²) >= 11 is 0. The Labute approximate surface area is 165 Å². The molecule has 0 unspecified atom stereocenters. The molecule has 2 aliphatic rings. The van der Waals surface area contributed by atoms with Crippen LogP contribution in [0.3, 0.4) is 0 Å². The molecule has 0 atom stereocenters. The Morgan fingerprint density at radius 1 is 1.39 bits per heavy atom. The highest BCUT2D eigenvalue weighted by Gasteiger charge is 2.36. The van der Waals surface area contributed by atoms with Gasteiger partial charge in [-0.1, -0.05) is 26.2 Å². The van der Waals surface area contributed by atoms with Gasteiger partial charge >= 0.3 is 5.69 Å². The topological polar surface area (TPSA) is 110 Å². The zero-order valence-corrected chi connectivity index (χ0v) is 16.8. The zero-order valence-electron chi connectivity index (χ0n) is 16.8. The molecule has 28 heavy (non-hydrogen) atoms. The molecule has 0 aromatic carbocycles. The third kappa shape index (κ3) is 4.35. The Bertz CT molecular complexity index is 744. The summed E-state index contributed by atoms with van der Waals surface area (Å²) in [5, 5.41) is 17.3. The molecule has 1 aromatic heterocycles. The summed E-state index contributed by atoms with van der Waals surface area (Å²) in [6, 6.07) is 1.45. The summed E-state index contributed by atoms with van der Waals surface area (Å²) in [7, 11) is 3.44. The zero-order chi connectivity index (χ0) is 20.3. The molecule has 2 heterocycles. The van der Waals surface area contributed by atoms with Crippen molar-refractivity contribution in [3.63, 3.8) is 0 Å². The molecule has 0 radical (unpaired) electrons. The number of hydrogen-bond donors (Lipinski definition) is 2. The van der Waals surface area contributed by atoms with E-state index in [0.717, 1.165) is 25.7 Å². The van der Waals surface area contributed by atoms with Crippen LogP contribution in [0.25, 0.3) is 0 Å². The van der Waals surface area contributed by atoms with Crippen molar-refractivity contribution >= 4 is 23.2 Å². The lowest BCUT2D eigenvalue weighted by Gasteiger charge is -2.41. The highest BCUT2D eigenvalue weighted by atomic mass is 16.6. The quantitative estimate of drug-likeness (QED) is 0.543. The van der Waals surface area contributed by atoms with Gasteiger partial charge in [0.15, 0.2) is 0 Å². The van der Waals surface area contributed by atoms with Crippen LogP contribution in [0.2, 0.25) is 0 Å². The molecule has 0 bridgehead atoms. The monoisotopic (exact) mass is 391 g/mol. The lowest BCUT2D eigenvalue weighted by molar-refractivity contribution is -0.384. The summed E-state index contributed by atoms with van der Waals surface area (Å²) < 4.78 is 5.32. The summed E-state index contributed by atoms with van der Waals surface area (Å²) in [5.41, 5.74) is 0.0176. The summed E-state index contributed by atoms with van der Waals surface area (Å²) in [6.45, 7) is 4.05. The Balaban J connectivity index is 1.92. The van der Waals surface area contributed by atoms with Gasteiger partial charge in [0, 0.05) is 38.2 Å². The molecule has 9 nitrogen and oxygen atoms in total. The van der Waals surface area contributed by atoms with E-state index in [1.54, 1.807) is 7.05 Å². The highest BCUT2D eigenvalue weighted by molar-refractivity contribution is 6.00. The van der Waals surface area contributed by atoms with Gasteiger partial charge in [0.25, 0.3) is 5.91 Å². The Morgan fingerprint density at radius 3 is 2.61 bits per heavy atom. The fourth-order valence-electron chi connectivity index (χ4n) is 3.97. The molecule has 1 saturated carbocycles. The van der Waals surface area contributed by atoms with Crippen LogP contribution in [-0.2, 0) is 4.74 Å². The summed E-state index contributed by atoms with van der Waals surface area (Å²) in [4.78, 5) is 30.3. The van der Waals surface area contributed by atoms with Crippen molar-refractivity contribution in [3.8, 4) is 0 Å². The number of carbonyl (C=O) groups is 1. The van der Waals surface area contributed by atoms with Gasteiger partial charge in [-0.15, -0.1) is 0 Å². The second-order valence-corrected chi connectivity index (χ2v) is 8.20. The number of nitro groups is 1. The lowest BCUT2D eigenvalue weighted by atomic mass is 9.88. The Morgan fingerprint density at radius 2 is 2.07 bits per heavy atom. The number of nitrogens with zero attached hydrogens (tertiary/aromatic N) is 3. The van der Waals surface area contributed by atoms with Crippen molar-refractivity contribution in [1.29, 1.82) is 0 Å². The number of ether oxygens (including phenoxy) is 1. The number of anilines is 2. The van der Waals surface area contributed by atoms with E-state index in [1.165, 1.54) is 12.5 Å². The lowest BCUT2D eigenvalue weighted by Crippen LogP contribution is -2.48. The van der Waals surface area contributed by atoms with Crippen molar-refractivity contribution in [1.82, 2.24) is 10.3 Å².